The van der Waals surface area contributed by atoms with E-state index in [0.717, 1.165) is 25.1 Å². The molecule has 2 N–H and O–H groups in total. The number of benzene rings is 2. The summed E-state index contributed by atoms with van der Waals surface area (Å²) in [5, 5.41) is 3.70. The van der Waals surface area contributed by atoms with Crippen LogP contribution in [0, 0.1) is 0 Å². The van der Waals surface area contributed by atoms with Gasteiger partial charge in [-0.2, -0.15) is 0 Å². The van der Waals surface area contributed by atoms with Crippen molar-refractivity contribution >= 4 is 23.1 Å². The number of hydrogen-bond donors (Lipinski definition) is 2. The smallest absolute Gasteiger partial charge is 0.275 e. The second-order valence-corrected chi connectivity index (χ2v) is 6.57. The summed E-state index contributed by atoms with van der Waals surface area (Å²) in [4.78, 5) is 13.4. The predicted octanol–water partition coefficient (Wildman–Crippen LogP) is 2.33. The minimum atomic E-state index is 0.0940. The van der Waals surface area contributed by atoms with Crippen LogP contribution in [0.4, 0.5) is 0 Å². The van der Waals surface area contributed by atoms with Gasteiger partial charge in [0.25, 0.3) is 5.91 Å². The Balaban J connectivity index is 1.46. The highest BCUT2D eigenvalue weighted by atomic mass is 35.5. The van der Waals surface area contributed by atoms with Crippen LogP contribution >= 0.6 is 11.6 Å². The van der Waals surface area contributed by atoms with E-state index in [1.165, 1.54) is 16.0 Å². The minimum absolute atomic E-state index is 0.0940. The summed E-state index contributed by atoms with van der Waals surface area (Å²) in [6.45, 7) is 2.97. The lowest BCUT2D eigenvalue weighted by molar-refractivity contribution is -0.886. The number of nitrogens with one attached hydrogen (secondary N) is 2. The molecule has 0 radical (unpaired) electrons. The summed E-state index contributed by atoms with van der Waals surface area (Å²) in [5.41, 5.74) is 3.75. The van der Waals surface area contributed by atoms with Crippen molar-refractivity contribution in [3.05, 3.63) is 76.8 Å². The van der Waals surface area contributed by atoms with Crippen LogP contribution < -0.4 is 10.2 Å². The van der Waals surface area contributed by atoms with E-state index in [-0.39, 0.29) is 5.91 Å². The fraction of sp³-hybridized carbons (Fsp3) is 0.250. The standard InChI is InChI=1S/C20H21ClN2O/c21-19-8-6-16(7-9-19)14-22-20(24)15-23-12-10-18(11-13-23)17-4-2-1-3-5-17/h1-10H,11-15H2,(H,22,24)/p+1. The van der Waals surface area contributed by atoms with Crippen molar-refractivity contribution in [1.82, 2.24) is 5.32 Å². The molecule has 1 amide bonds. The molecule has 2 aromatic carbocycles. The highest BCUT2D eigenvalue weighted by Crippen LogP contribution is 2.17. The maximum atomic E-state index is 12.1. The number of carbonyl (C=O) groups is 1. The van der Waals surface area contributed by atoms with Crippen LogP contribution in [0.15, 0.2) is 60.7 Å². The van der Waals surface area contributed by atoms with Crippen molar-refractivity contribution in [2.75, 3.05) is 19.6 Å². The average Bonchev–Trinajstić information content (AvgIpc) is 2.63. The van der Waals surface area contributed by atoms with Crippen LogP contribution in [0.2, 0.25) is 5.02 Å². The predicted molar refractivity (Wildman–Crippen MR) is 97.9 cm³/mol. The van der Waals surface area contributed by atoms with Gasteiger partial charge < -0.3 is 10.2 Å². The molecular formula is C20H22ClN2O+. The Bertz CT molecular complexity index is 710. The molecule has 1 aliphatic heterocycles. The number of hydrogen-bond acceptors (Lipinski definition) is 1. The fourth-order valence-electron chi connectivity index (χ4n) is 2.95. The van der Waals surface area contributed by atoms with Gasteiger partial charge in [-0.05, 0) is 34.9 Å². The second-order valence-electron chi connectivity index (χ2n) is 6.13. The lowest BCUT2D eigenvalue weighted by Crippen LogP contribution is -3.13. The van der Waals surface area contributed by atoms with Crippen LogP contribution in [0.5, 0.6) is 0 Å². The van der Waals surface area contributed by atoms with Gasteiger partial charge in [-0.15, -0.1) is 0 Å². The highest BCUT2D eigenvalue weighted by Gasteiger charge is 2.18. The summed E-state index contributed by atoms with van der Waals surface area (Å²) in [6.07, 6.45) is 3.28. The van der Waals surface area contributed by atoms with Gasteiger partial charge >= 0.3 is 0 Å². The third-order valence-corrected chi connectivity index (χ3v) is 4.60. The van der Waals surface area contributed by atoms with Gasteiger partial charge in [0.2, 0.25) is 0 Å². The lowest BCUT2D eigenvalue weighted by Gasteiger charge is -2.23. The van der Waals surface area contributed by atoms with Gasteiger partial charge in [0.15, 0.2) is 6.54 Å². The number of quaternary nitrogens is 1. The van der Waals surface area contributed by atoms with E-state index in [1.807, 2.05) is 30.3 Å². The van der Waals surface area contributed by atoms with Gasteiger partial charge in [0, 0.05) is 18.0 Å². The quantitative estimate of drug-likeness (QED) is 0.860. The number of carbonyl (C=O) groups excluding carboxylic acids is 1. The molecule has 2 aromatic rings. The number of amides is 1. The van der Waals surface area contributed by atoms with Crippen molar-refractivity contribution in [1.29, 1.82) is 0 Å². The van der Waals surface area contributed by atoms with Crippen molar-refractivity contribution in [3.63, 3.8) is 0 Å². The molecule has 0 saturated carbocycles. The van der Waals surface area contributed by atoms with Crippen LogP contribution in [0.3, 0.4) is 0 Å². The molecule has 0 aliphatic carbocycles. The van der Waals surface area contributed by atoms with Crippen molar-refractivity contribution in [3.8, 4) is 0 Å². The maximum absolute atomic E-state index is 12.1. The first kappa shape index (κ1) is 16.7. The summed E-state index contributed by atoms with van der Waals surface area (Å²) >= 11 is 5.86. The largest absolute Gasteiger partial charge is 0.347 e. The zero-order chi connectivity index (χ0) is 16.8. The normalized spacial score (nSPS) is 17.2. The Morgan fingerprint density at radius 3 is 2.50 bits per heavy atom. The SMILES string of the molecule is O=C(C[NH+]1CC=C(c2ccccc2)CC1)NCc1ccc(Cl)cc1. The zero-order valence-corrected chi connectivity index (χ0v) is 14.4. The molecule has 3 nitrogen and oxygen atoms in total. The van der Waals surface area contributed by atoms with E-state index in [2.05, 4.69) is 35.7 Å². The molecule has 3 rings (SSSR count). The molecule has 24 heavy (non-hydrogen) atoms. The molecule has 0 bridgehead atoms. The Kier molecular flexibility index (Phi) is 5.68. The molecular weight excluding hydrogens is 320 g/mol. The van der Waals surface area contributed by atoms with Crippen molar-refractivity contribution in [2.45, 2.75) is 13.0 Å². The Morgan fingerprint density at radius 1 is 1.08 bits per heavy atom. The van der Waals surface area contributed by atoms with Crippen molar-refractivity contribution < 1.29 is 9.69 Å². The van der Waals surface area contributed by atoms with Crippen LogP contribution in [0.25, 0.3) is 5.57 Å². The summed E-state index contributed by atoms with van der Waals surface area (Å²) in [6, 6.07) is 18.0. The molecule has 0 saturated heterocycles. The first-order chi connectivity index (χ1) is 11.7. The zero-order valence-electron chi connectivity index (χ0n) is 13.6. The monoisotopic (exact) mass is 341 g/mol. The maximum Gasteiger partial charge on any atom is 0.275 e. The van der Waals surface area contributed by atoms with Crippen LogP contribution in [-0.4, -0.2) is 25.5 Å². The Hall–Kier alpha value is -2.10. The van der Waals surface area contributed by atoms with E-state index in [1.54, 1.807) is 0 Å². The first-order valence-electron chi connectivity index (χ1n) is 8.30. The third-order valence-electron chi connectivity index (χ3n) is 4.34. The van der Waals surface area contributed by atoms with E-state index < -0.39 is 0 Å². The summed E-state index contributed by atoms with van der Waals surface area (Å²) in [7, 11) is 0. The van der Waals surface area contributed by atoms with Gasteiger partial charge in [0.05, 0.1) is 13.1 Å². The number of halogens is 1. The average molecular weight is 342 g/mol. The molecule has 124 valence electrons. The van der Waals surface area contributed by atoms with Gasteiger partial charge in [-0.25, -0.2) is 0 Å². The molecule has 1 aliphatic rings. The molecule has 0 fully saturated rings. The summed E-state index contributed by atoms with van der Waals surface area (Å²) in [5.74, 6) is 0.0940. The third kappa shape index (κ3) is 4.70. The van der Waals surface area contributed by atoms with E-state index in [0.29, 0.717) is 18.1 Å². The fourth-order valence-corrected chi connectivity index (χ4v) is 3.08. The van der Waals surface area contributed by atoms with Gasteiger partial charge in [-0.1, -0.05) is 54.1 Å². The lowest BCUT2D eigenvalue weighted by atomic mass is 10.00. The molecule has 1 atom stereocenters. The summed E-state index contributed by atoms with van der Waals surface area (Å²) < 4.78 is 0. The van der Waals surface area contributed by atoms with Gasteiger partial charge in [0.1, 0.15) is 0 Å². The molecule has 4 heteroatoms. The first-order valence-corrected chi connectivity index (χ1v) is 8.67. The molecule has 0 aromatic heterocycles. The highest BCUT2D eigenvalue weighted by molar-refractivity contribution is 6.30. The molecule has 1 heterocycles. The minimum Gasteiger partial charge on any atom is -0.347 e. The van der Waals surface area contributed by atoms with E-state index >= 15 is 0 Å². The topological polar surface area (TPSA) is 33.5 Å². The van der Waals surface area contributed by atoms with Crippen molar-refractivity contribution in [2.24, 2.45) is 0 Å². The Labute approximate surface area is 147 Å². The second kappa shape index (κ2) is 8.13. The van der Waals surface area contributed by atoms with Crippen LogP contribution in [-0.2, 0) is 11.3 Å². The van der Waals surface area contributed by atoms with E-state index in [4.69, 9.17) is 11.6 Å². The number of rotatable bonds is 5. The molecule has 1 unspecified atom stereocenters. The van der Waals surface area contributed by atoms with Crippen LogP contribution in [0.1, 0.15) is 17.5 Å². The van der Waals surface area contributed by atoms with E-state index in [9.17, 15) is 4.79 Å². The molecule has 0 spiro atoms. The Morgan fingerprint density at radius 2 is 1.83 bits per heavy atom. The van der Waals surface area contributed by atoms with Gasteiger partial charge in [-0.3, -0.25) is 4.79 Å².